The van der Waals surface area contributed by atoms with Crippen LogP contribution in [0, 0.1) is 6.92 Å². The second-order valence-electron chi connectivity index (χ2n) is 7.62. The number of carbonyl (C=O) groups excluding carboxylic acids is 1. The lowest BCUT2D eigenvalue weighted by Gasteiger charge is -2.35. The first-order valence-electron chi connectivity index (χ1n) is 10.0. The van der Waals surface area contributed by atoms with Crippen LogP contribution >= 0.6 is 11.3 Å². The summed E-state index contributed by atoms with van der Waals surface area (Å²) in [6, 6.07) is 0.236. The second kappa shape index (κ2) is 8.13. The average Bonchev–Trinajstić information content (AvgIpc) is 3.11. The first-order valence-corrected chi connectivity index (χ1v) is 10.8. The summed E-state index contributed by atoms with van der Waals surface area (Å²) in [6.45, 7) is 6.98. The predicted molar refractivity (Wildman–Crippen MR) is 110 cm³/mol. The molecule has 1 fully saturated rings. The van der Waals surface area contributed by atoms with E-state index < -0.39 is 0 Å². The SMILES string of the molecule is CNc1nc([C@@H]2CCCCN2Cc2cnc(C)s2)nc2c1CN(C(C)=O)CC2. The summed E-state index contributed by atoms with van der Waals surface area (Å²) in [4.78, 5) is 31.8. The van der Waals surface area contributed by atoms with E-state index >= 15 is 0 Å². The number of likely N-dealkylation sites (tertiary alicyclic amines) is 1. The van der Waals surface area contributed by atoms with Crippen LogP contribution in [0.25, 0.3) is 0 Å². The number of aromatic nitrogens is 3. The van der Waals surface area contributed by atoms with E-state index in [4.69, 9.17) is 9.97 Å². The molecule has 150 valence electrons. The highest BCUT2D eigenvalue weighted by Crippen LogP contribution is 2.33. The van der Waals surface area contributed by atoms with E-state index in [1.165, 1.54) is 17.7 Å². The van der Waals surface area contributed by atoms with Crippen LogP contribution < -0.4 is 5.32 Å². The number of hydrogen-bond acceptors (Lipinski definition) is 7. The summed E-state index contributed by atoms with van der Waals surface area (Å²) < 4.78 is 0. The first kappa shape index (κ1) is 19.3. The molecule has 1 amide bonds. The maximum Gasteiger partial charge on any atom is 0.219 e. The molecule has 2 aliphatic rings. The molecule has 28 heavy (non-hydrogen) atoms. The smallest absolute Gasteiger partial charge is 0.219 e. The number of aryl methyl sites for hydroxylation is 1. The van der Waals surface area contributed by atoms with Crippen LogP contribution in [0.2, 0.25) is 0 Å². The molecule has 2 aromatic heterocycles. The number of hydrogen-bond donors (Lipinski definition) is 1. The number of thiazole rings is 1. The second-order valence-corrected chi connectivity index (χ2v) is 8.94. The minimum atomic E-state index is 0.107. The van der Waals surface area contributed by atoms with Crippen molar-refractivity contribution in [2.24, 2.45) is 0 Å². The Morgan fingerprint density at radius 1 is 1.32 bits per heavy atom. The highest BCUT2D eigenvalue weighted by atomic mass is 32.1. The number of rotatable bonds is 4. The number of fused-ring (bicyclic) bond motifs is 1. The van der Waals surface area contributed by atoms with Crippen LogP contribution in [0.5, 0.6) is 0 Å². The summed E-state index contributed by atoms with van der Waals surface area (Å²) in [6.07, 6.45) is 6.29. The monoisotopic (exact) mass is 400 g/mol. The third-order valence-corrected chi connectivity index (χ3v) is 6.60. The number of carbonyl (C=O) groups is 1. The maximum absolute atomic E-state index is 11.8. The fourth-order valence-electron chi connectivity index (χ4n) is 4.21. The van der Waals surface area contributed by atoms with Crippen LogP contribution in [0.1, 0.15) is 59.2 Å². The highest BCUT2D eigenvalue weighted by Gasteiger charge is 2.30. The standard InChI is InChI=1S/C20H28N6OS/c1-13-22-10-15(28-13)11-26-8-5-4-6-18(26)20-23-17-7-9-25(14(2)27)12-16(17)19(21-3)24-20/h10,18H,4-9,11-12H2,1-3H3,(H,21,23,24)/t18-/m0/s1. The molecule has 2 aliphatic heterocycles. The van der Waals surface area contributed by atoms with Gasteiger partial charge in [-0.25, -0.2) is 15.0 Å². The van der Waals surface area contributed by atoms with Gasteiger partial charge in [0.2, 0.25) is 5.91 Å². The average molecular weight is 401 g/mol. The number of amides is 1. The Bertz CT molecular complexity index is 849. The van der Waals surface area contributed by atoms with Gasteiger partial charge in [0.1, 0.15) is 11.6 Å². The van der Waals surface area contributed by atoms with Crippen molar-refractivity contribution in [2.45, 2.75) is 58.7 Å². The van der Waals surface area contributed by atoms with Gasteiger partial charge in [0.05, 0.1) is 23.3 Å². The molecule has 1 saturated heterocycles. The zero-order chi connectivity index (χ0) is 19.7. The summed E-state index contributed by atoms with van der Waals surface area (Å²) in [5.41, 5.74) is 2.15. The van der Waals surface area contributed by atoms with Crippen molar-refractivity contribution in [3.63, 3.8) is 0 Å². The Balaban J connectivity index is 1.62. The summed E-state index contributed by atoms with van der Waals surface area (Å²) in [5.74, 6) is 1.89. The third-order valence-electron chi connectivity index (χ3n) is 5.70. The Labute approximate surface area is 170 Å². The normalized spacial score (nSPS) is 20.1. The highest BCUT2D eigenvalue weighted by molar-refractivity contribution is 7.11. The lowest BCUT2D eigenvalue weighted by atomic mass is 10.00. The van der Waals surface area contributed by atoms with E-state index in [1.54, 1.807) is 18.3 Å². The van der Waals surface area contributed by atoms with Gasteiger partial charge in [-0.2, -0.15) is 0 Å². The van der Waals surface area contributed by atoms with Crippen LogP contribution in [0.15, 0.2) is 6.20 Å². The molecular formula is C20H28N6OS. The molecule has 1 N–H and O–H groups in total. The van der Waals surface area contributed by atoms with Gasteiger partial charge in [-0.3, -0.25) is 9.69 Å². The molecule has 0 aliphatic carbocycles. The minimum Gasteiger partial charge on any atom is -0.373 e. The van der Waals surface area contributed by atoms with Crippen molar-refractivity contribution in [3.8, 4) is 0 Å². The van der Waals surface area contributed by atoms with E-state index in [0.29, 0.717) is 6.54 Å². The Morgan fingerprint density at radius 2 is 2.18 bits per heavy atom. The summed E-state index contributed by atoms with van der Waals surface area (Å²) >= 11 is 1.77. The van der Waals surface area contributed by atoms with Gasteiger partial charge >= 0.3 is 0 Å². The quantitative estimate of drug-likeness (QED) is 0.851. The van der Waals surface area contributed by atoms with E-state index in [-0.39, 0.29) is 11.9 Å². The van der Waals surface area contributed by atoms with Crippen molar-refractivity contribution in [2.75, 3.05) is 25.5 Å². The largest absolute Gasteiger partial charge is 0.373 e. The molecule has 0 saturated carbocycles. The number of nitrogens with one attached hydrogen (secondary N) is 1. The number of anilines is 1. The van der Waals surface area contributed by atoms with E-state index in [9.17, 15) is 4.79 Å². The molecule has 0 spiro atoms. The molecule has 4 rings (SSSR count). The van der Waals surface area contributed by atoms with E-state index in [1.807, 2.05) is 18.1 Å². The molecular weight excluding hydrogens is 372 g/mol. The van der Waals surface area contributed by atoms with Gasteiger partial charge in [-0.15, -0.1) is 11.3 Å². The molecule has 1 atom stereocenters. The molecule has 4 heterocycles. The zero-order valence-corrected chi connectivity index (χ0v) is 17.7. The van der Waals surface area contributed by atoms with Crippen molar-refractivity contribution in [1.82, 2.24) is 24.8 Å². The maximum atomic E-state index is 11.8. The Morgan fingerprint density at radius 3 is 2.89 bits per heavy atom. The Kier molecular flexibility index (Phi) is 5.59. The molecule has 0 radical (unpaired) electrons. The molecule has 8 heteroatoms. The fourth-order valence-corrected chi connectivity index (χ4v) is 5.03. The molecule has 2 aromatic rings. The van der Waals surface area contributed by atoms with Gasteiger partial charge in [0, 0.05) is 50.1 Å². The van der Waals surface area contributed by atoms with Crippen molar-refractivity contribution < 1.29 is 4.79 Å². The van der Waals surface area contributed by atoms with Crippen LogP contribution in [-0.2, 0) is 24.3 Å². The van der Waals surface area contributed by atoms with Gasteiger partial charge in [-0.05, 0) is 26.3 Å². The summed E-state index contributed by atoms with van der Waals surface area (Å²) in [7, 11) is 1.90. The van der Waals surface area contributed by atoms with E-state index in [0.717, 1.165) is 60.4 Å². The van der Waals surface area contributed by atoms with Crippen molar-refractivity contribution in [1.29, 1.82) is 0 Å². The number of piperidine rings is 1. The van der Waals surface area contributed by atoms with Crippen LogP contribution in [0.4, 0.5) is 5.82 Å². The van der Waals surface area contributed by atoms with Crippen LogP contribution in [0.3, 0.4) is 0 Å². The fraction of sp³-hybridized carbons (Fsp3) is 0.600. The van der Waals surface area contributed by atoms with Gasteiger partial charge in [0.25, 0.3) is 0 Å². The molecule has 0 aromatic carbocycles. The lowest BCUT2D eigenvalue weighted by molar-refractivity contribution is -0.129. The topological polar surface area (TPSA) is 74.2 Å². The Hall–Kier alpha value is -2.06. The van der Waals surface area contributed by atoms with Gasteiger partial charge in [0.15, 0.2) is 0 Å². The van der Waals surface area contributed by atoms with Crippen molar-refractivity contribution >= 4 is 23.1 Å². The minimum absolute atomic E-state index is 0.107. The van der Waals surface area contributed by atoms with E-state index in [2.05, 4.69) is 22.1 Å². The van der Waals surface area contributed by atoms with Gasteiger partial charge < -0.3 is 10.2 Å². The third kappa shape index (κ3) is 3.89. The molecule has 0 unspecified atom stereocenters. The number of nitrogens with zero attached hydrogens (tertiary/aromatic N) is 5. The first-order chi connectivity index (χ1) is 13.5. The van der Waals surface area contributed by atoms with Gasteiger partial charge in [-0.1, -0.05) is 6.42 Å². The predicted octanol–water partition coefficient (Wildman–Crippen LogP) is 2.92. The molecule has 7 nitrogen and oxygen atoms in total. The molecule has 0 bridgehead atoms. The zero-order valence-electron chi connectivity index (χ0n) is 16.9. The lowest BCUT2D eigenvalue weighted by Crippen LogP contribution is -2.37. The summed E-state index contributed by atoms with van der Waals surface area (Å²) in [5, 5.41) is 4.36. The van der Waals surface area contributed by atoms with Crippen LogP contribution in [-0.4, -0.2) is 50.8 Å². The van der Waals surface area contributed by atoms with Crippen molar-refractivity contribution in [3.05, 3.63) is 33.2 Å².